The largest absolute Gasteiger partial charge is 0.497 e. The highest BCUT2D eigenvalue weighted by molar-refractivity contribution is 5.52. The predicted molar refractivity (Wildman–Crippen MR) is 217 cm³/mol. The summed E-state index contributed by atoms with van der Waals surface area (Å²) in [7, 11) is 1.60. The molecule has 1 saturated carbocycles. The number of nitrogens with zero attached hydrogens (tertiary/aromatic N) is 5. The lowest BCUT2D eigenvalue weighted by Crippen LogP contribution is -2.37. The normalized spacial score (nSPS) is 21.7. The van der Waals surface area contributed by atoms with E-state index in [1.807, 2.05) is 36.7 Å². The topological polar surface area (TPSA) is 72.8 Å². The fourth-order valence-corrected chi connectivity index (χ4v) is 9.56. The van der Waals surface area contributed by atoms with E-state index in [1.54, 1.807) is 7.11 Å². The maximum atomic E-state index is 17.8. The number of methoxy groups -OCH3 is 1. The summed E-state index contributed by atoms with van der Waals surface area (Å²) < 4.78 is 106. The summed E-state index contributed by atoms with van der Waals surface area (Å²) in [5.74, 6) is -2.17. The minimum Gasteiger partial charge on any atom is -0.497 e. The number of aromatic nitrogens is 3. The van der Waals surface area contributed by atoms with Gasteiger partial charge in [0.05, 0.1) is 62.4 Å². The van der Waals surface area contributed by atoms with E-state index in [2.05, 4.69) is 23.6 Å². The fourth-order valence-electron chi connectivity index (χ4n) is 9.56. The molecule has 0 N–H and O–H groups in total. The zero-order chi connectivity index (χ0) is 42.2. The van der Waals surface area contributed by atoms with Crippen molar-refractivity contribution in [2.24, 2.45) is 5.41 Å². The Balaban J connectivity index is 1.20. The standard InChI is InChI=1S/C46H53F6N5O3/c1-44(2)24-36-39(37(25-44)60-28-29-4-10-35(58-3)11-5-29)38(30-12-16-45(48,49)17-13-30)40(41(47)31-6-8-33(9-7-31)46(50,51)52)42(55-36)32-14-18-57(19-15-32)43-53-26-34(27-54-43)56-20-22-59-23-21-56/h4-11,26-27,30,32,37,41H,12-25,28H2,1-3H3. The van der Waals surface area contributed by atoms with E-state index >= 15 is 4.39 Å². The highest BCUT2D eigenvalue weighted by Crippen LogP contribution is 2.53. The quantitative estimate of drug-likeness (QED) is 0.146. The monoisotopic (exact) mass is 837 g/mol. The van der Waals surface area contributed by atoms with Crippen molar-refractivity contribution in [3.63, 3.8) is 0 Å². The summed E-state index contributed by atoms with van der Waals surface area (Å²) in [6, 6.07) is 11.7. The van der Waals surface area contributed by atoms with Gasteiger partial charge < -0.3 is 24.0 Å². The number of ether oxygens (including phenoxy) is 3. The summed E-state index contributed by atoms with van der Waals surface area (Å²) >= 11 is 0. The summed E-state index contributed by atoms with van der Waals surface area (Å²) in [4.78, 5) is 19.1. The highest BCUT2D eigenvalue weighted by Gasteiger charge is 2.44. The van der Waals surface area contributed by atoms with Crippen molar-refractivity contribution in [3.05, 3.63) is 106 Å². The number of piperidine rings is 1. The zero-order valence-electron chi connectivity index (χ0n) is 34.4. The molecule has 0 bridgehead atoms. The third-order valence-electron chi connectivity index (χ3n) is 12.8. The van der Waals surface area contributed by atoms with Crippen LogP contribution >= 0.6 is 0 Å². The molecule has 322 valence electrons. The first kappa shape index (κ1) is 42.3. The Morgan fingerprint density at radius 2 is 1.48 bits per heavy atom. The van der Waals surface area contributed by atoms with Crippen LogP contribution in [0.25, 0.3) is 0 Å². The molecule has 2 aliphatic heterocycles. The number of halogens is 6. The molecule has 2 aromatic heterocycles. The molecule has 8 nitrogen and oxygen atoms in total. The van der Waals surface area contributed by atoms with Gasteiger partial charge in [0.15, 0.2) is 6.17 Å². The number of hydrogen-bond donors (Lipinski definition) is 0. The molecule has 8 rings (SSSR count). The summed E-state index contributed by atoms with van der Waals surface area (Å²) in [6.45, 7) is 8.52. The van der Waals surface area contributed by atoms with E-state index in [0.29, 0.717) is 80.5 Å². The number of benzene rings is 2. The van der Waals surface area contributed by atoms with Gasteiger partial charge in [-0.15, -0.1) is 0 Å². The van der Waals surface area contributed by atoms with Gasteiger partial charge >= 0.3 is 6.18 Å². The lowest BCUT2D eigenvalue weighted by Gasteiger charge is -2.42. The lowest BCUT2D eigenvalue weighted by molar-refractivity contribution is -0.137. The van der Waals surface area contributed by atoms with Gasteiger partial charge in [0.1, 0.15) is 5.75 Å². The first-order valence-corrected chi connectivity index (χ1v) is 21.1. The van der Waals surface area contributed by atoms with Gasteiger partial charge in [0.25, 0.3) is 0 Å². The van der Waals surface area contributed by atoms with Gasteiger partial charge in [-0.3, -0.25) is 4.98 Å². The Morgan fingerprint density at radius 3 is 2.10 bits per heavy atom. The van der Waals surface area contributed by atoms with Crippen LogP contribution in [0.4, 0.5) is 38.0 Å². The third-order valence-corrected chi connectivity index (χ3v) is 12.8. The smallest absolute Gasteiger partial charge is 0.416 e. The van der Waals surface area contributed by atoms with Crippen molar-refractivity contribution in [3.8, 4) is 5.75 Å². The minimum absolute atomic E-state index is 0.0615. The van der Waals surface area contributed by atoms with Crippen molar-refractivity contribution >= 4 is 11.6 Å². The Labute approximate surface area is 347 Å². The number of morpholine rings is 1. The molecule has 60 heavy (non-hydrogen) atoms. The second kappa shape index (κ2) is 17.1. The van der Waals surface area contributed by atoms with Gasteiger partial charge in [0, 0.05) is 61.8 Å². The van der Waals surface area contributed by atoms with Crippen LogP contribution in [0.3, 0.4) is 0 Å². The van der Waals surface area contributed by atoms with Crippen molar-refractivity contribution in [2.45, 2.75) is 108 Å². The summed E-state index contributed by atoms with van der Waals surface area (Å²) in [5.41, 5.74) is 3.80. The molecule has 4 aliphatic rings. The molecule has 0 spiro atoms. The van der Waals surface area contributed by atoms with Crippen LogP contribution in [-0.2, 0) is 28.7 Å². The van der Waals surface area contributed by atoms with E-state index in [9.17, 15) is 22.0 Å². The Bertz CT molecular complexity index is 2070. The van der Waals surface area contributed by atoms with Gasteiger partial charge in [-0.25, -0.2) is 23.1 Å². The number of pyridine rings is 1. The molecule has 2 atom stereocenters. The average molecular weight is 838 g/mol. The molecular formula is C46H53F6N5O3. The maximum absolute atomic E-state index is 17.8. The molecular weight excluding hydrogens is 785 g/mol. The maximum Gasteiger partial charge on any atom is 0.416 e. The average Bonchev–Trinajstić information content (AvgIpc) is 3.25. The van der Waals surface area contributed by atoms with Crippen molar-refractivity contribution in [2.75, 3.05) is 56.3 Å². The minimum atomic E-state index is -4.59. The van der Waals surface area contributed by atoms with E-state index in [-0.39, 0.29) is 49.2 Å². The van der Waals surface area contributed by atoms with E-state index in [1.165, 1.54) is 12.1 Å². The summed E-state index contributed by atoms with van der Waals surface area (Å²) in [6.07, 6.45) is -1.37. The van der Waals surface area contributed by atoms with E-state index < -0.39 is 35.9 Å². The van der Waals surface area contributed by atoms with Gasteiger partial charge in [0.2, 0.25) is 11.9 Å². The lowest BCUT2D eigenvalue weighted by atomic mass is 9.68. The van der Waals surface area contributed by atoms with Gasteiger partial charge in [-0.2, -0.15) is 13.2 Å². The molecule has 2 saturated heterocycles. The summed E-state index contributed by atoms with van der Waals surface area (Å²) in [5, 5.41) is 0. The second-order valence-corrected chi connectivity index (χ2v) is 17.6. The second-order valence-electron chi connectivity index (χ2n) is 17.6. The van der Waals surface area contributed by atoms with Crippen LogP contribution in [0.2, 0.25) is 0 Å². The zero-order valence-corrected chi connectivity index (χ0v) is 34.4. The van der Waals surface area contributed by atoms with Crippen molar-refractivity contribution in [1.29, 1.82) is 0 Å². The molecule has 2 aromatic carbocycles. The molecule has 3 fully saturated rings. The first-order chi connectivity index (χ1) is 28.7. The molecule has 2 unspecified atom stereocenters. The number of rotatable bonds is 10. The molecule has 4 heterocycles. The van der Waals surface area contributed by atoms with E-state index in [0.717, 1.165) is 47.7 Å². The highest BCUT2D eigenvalue weighted by atomic mass is 19.4. The number of alkyl halides is 6. The van der Waals surface area contributed by atoms with Crippen molar-refractivity contribution in [1.82, 2.24) is 15.0 Å². The Kier molecular flexibility index (Phi) is 12.1. The molecule has 0 radical (unpaired) electrons. The molecule has 2 aliphatic carbocycles. The molecule has 0 amide bonds. The Morgan fingerprint density at radius 1 is 0.833 bits per heavy atom. The number of fused-ring (bicyclic) bond motifs is 1. The molecule has 4 aromatic rings. The SMILES string of the molecule is COc1ccc(COC2CC(C)(C)Cc3nc(C4CCN(c5ncc(N6CCOCC6)cn5)CC4)c(C(F)c4ccc(C(F)(F)F)cc4)c(C4CCC(F)(F)CC4)c32)cc1. The fraction of sp³-hybridized carbons (Fsp3) is 0.543. The first-order valence-electron chi connectivity index (χ1n) is 21.1. The predicted octanol–water partition coefficient (Wildman–Crippen LogP) is 10.7. The van der Waals surface area contributed by atoms with Crippen LogP contribution in [0.5, 0.6) is 5.75 Å². The van der Waals surface area contributed by atoms with Crippen LogP contribution in [0, 0.1) is 5.41 Å². The van der Waals surface area contributed by atoms with Crippen LogP contribution in [-0.4, -0.2) is 67.4 Å². The van der Waals surface area contributed by atoms with Crippen LogP contribution in [0.15, 0.2) is 60.9 Å². The molecule has 14 heteroatoms. The third kappa shape index (κ3) is 9.24. The van der Waals surface area contributed by atoms with E-state index in [4.69, 9.17) is 29.2 Å². The number of anilines is 2. The van der Waals surface area contributed by atoms with Crippen LogP contribution < -0.4 is 14.5 Å². The van der Waals surface area contributed by atoms with Gasteiger partial charge in [-0.1, -0.05) is 38.1 Å². The van der Waals surface area contributed by atoms with Crippen molar-refractivity contribution < 1.29 is 40.6 Å². The van der Waals surface area contributed by atoms with Gasteiger partial charge in [-0.05, 0) is 90.8 Å². The van der Waals surface area contributed by atoms with Crippen LogP contribution in [0.1, 0.15) is 128 Å². The Hall–Kier alpha value is -4.43. The number of hydrogen-bond acceptors (Lipinski definition) is 8.